The topological polar surface area (TPSA) is 160 Å². The van der Waals surface area contributed by atoms with E-state index >= 15 is 0 Å². The highest BCUT2D eigenvalue weighted by molar-refractivity contribution is 9.10. The molecule has 0 saturated carbocycles. The van der Waals surface area contributed by atoms with E-state index in [4.69, 9.17) is 73.2 Å². The molecule has 0 atom stereocenters. The molecule has 14 heteroatoms. The van der Waals surface area contributed by atoms with Gasteiger partial charge in [-0.2, -0.15) is 0 Å². The van der Waals surface area contributed by atoms with Crippen molar-refractivity contribution in [2.24, 2.45) is 10.8 Å². The van der Waals surface area contributed by atoms with E-state index in [1.54, 1.807) is 55.5 Å². The number of aldehydes is 3. The molecule has 495 valence electrons. The van der Waals surface area contributed by atoms with Gasteiger partial charge in [0.2, 0.25) is 0 Å². The summed E-state index contributed by atoms with van der Waals surface area (Å²) in [6.07, 6.45) is 34.2. The van der Waals surface area contributed by atoms with E-state index in [0.29, 0.717) is 56.3 Å². The van der Waals surface area contributed by atoms with Crippen molar-refractivity contribution in [1.29, 1.82) is 0 Å². The van der Waals surface area contributed by atoms with Gasteiger partial charge in [-0.15, -0.1) is 44.1 Å². The zero-order valence-corrected chi connectivity index (χ0v) is 59.7. The van der Waals surface area contributed by atoms with Crippen LogP contribution >= 0.6 is 31.9 Å². The maximum absolute atomic E-state index is 10.4. The molecule has 0 aromatic heterocycles. The number of halogens is 2. The Labute approximate surface area is 595 Å². The van der Waals surface area contributed by atoms with Gasteiger partial charge in [0, 0.05) is 84.7 Å². The van der Waals surface area contributed by atoms with Crippen LogP contribution in [0.5, 0.6) is 0 Å². The molecule has 0 aliphatic rings. The molecule has 4 N–H and O–H groups in total. The molecule has 0 aliphatic heterocycles. The second kappa shape index (κ2) is 49.2. The molecule has 0 amide bonds. The fraction of sp³-hybridized carbons (Fsp3) is 0.217. The molecule has 0 saturated heterocycles. The molecule has 0 aliphatic carbocycles. The minimum Gasteiger partial charge on any atom is -0.396 e. The smallest absolute Gasteiger partial charge is 0.150 e. The Balaban J connectivity index is 0.000000626. The van der Waals surface area contributed by atoms with Crippen LogP contribution in [0, 0.1) is 96.4 Å². The SMILES string of the molecule is C#Cc1ccc(C=O)cc1.C#Cc1ccc(CBr)cc1.C#Cc1ccc(CO)cc1.C#Cc1ccc(COCC(C)(COCc2ccc(C#C)cc2)COCc2ccc(C#C)cc2)cc1.CC(CO)(CO)CO.C[Si](C)(C)C#Cc1ccc(C=O)cc1.O=Cc1ccc(Br)cc1.[B]. The Morgan fingerprint density at radius 1 is 0.392 bits per heavy atom. The van der Waals surface area contributed by atoms with Crippen LogP contribution in [-0.2, 0) is 46.0 Å². The van der Waals surface area contributed by atoms with E-state index in [-0.39, 0.29) is 40.3 Å². The van der Waals surface area contributed by atoms with Crippen molar-refractivity contribution in [2.75, 3.05) is 39.6 Å². The van der Waals surface area contributed by atoms with Gasteiger partial charge in [0.05, 0.1) is 66.1 Å². The first kappa shape index (κ1) is 85.7. The molecule has 0 fully saturated rings. The standard InChI is InChI=1S/C32H30O3.C12H14OSi.C9H7Br.C9H8O.C9H6O.C7H5BrO.C5H12O3.B/c1-5-26-8-14-29(15-9-26)20-33-23-32(4,24-34-21-30-16-10-27(6-2)11-17-30)25-35-22-31-18-12-28(7-3)13-19-31;1-14(2,3)9-8-11-4-6-12(10-13)7-5-11;3*1-2-8-3-5-9(7-10)6-4-8;8-7-3-1-6(5-9)2-4-7;1-5(2-6,3-7)4-8;/h1-3,8-19H,20-25H2,4H3;4-7,10H,1-3H3;1,3-6H,7H2;1,3-6,10H,7H2;1,3-7H;1-5H;6-8H,2-4H2,1H3;. The lowest BCUT2D eigenvalue weighted by Gasteiger charge is -2.29. The Hall–Kier alpha value is -9.35. The lowest BCUT2D eigenvalue weighted by Crippen LogP contribution is -2.34. The van der Waals surface area contributed by atoms with Gasteiger partial charge < -0.3 is 34.6 Å². The number of rotatable bonds is 20. The van der Waals surface area contributed by atoms with Gasteiger partial charge in [0.15, 0.2) is 0 Å². The van der Waals surface area contributed by atoms with E-state index in [2.05, 4.69) is 105 Å². The second-order valence-electron chi connectivity index (χ2n) is 22.9. The summed E-state index contributed by atoms with van der Waals surface area (Å²) in [6.45, 7) is 12.8. The maximum atomic E-state index is 10.4. The van der Waals surface area contributed by atoms with Gasteiger partial charge in [0.25, 0.3) is 0 Å². The van der Waals surface area contributed by atoms with Crippen LogP contribution < -0.4 is 0 Å². The molecule has 10 nitrogen and oxygen atoms in total. The van der Waals surface area contributed by atoms with E-state index < -0.39 is 13.5 Å². The number of hydrogen-bond acceptors (Lipinski definition) is 10. The molecule has 8 aromatic rings. The lowest BCUT2D eigenvalue weighted by molar-refractivity contribution is -0.0706. The number of aliphatic hydroxyl groups is 4. The number of hydrogen-bond donors (Lipinski definition) is 4. The molecular formula is C83H82BBr2O10Si. The highest BCUT2D eigenvalue weighted by Gasteiger charge is 2.26. The van der Waals surface area contributed by atoms with E-state index in [9.17, 15) is 14.4 Å². The summed E-state index contributed by atoms with van der Waals surface area (Å²) in [7, 11) is -1.29. The van der Waals surface area contributed by atoms with Gasteiger partial charge in [-0.05, 0) is 125 Å². The number of alkyl halides is 1. The Bertz CT molecular complexity index is 3670. The predicted molar refractivity (Wildman–Crippen MR) is 404 cm³/mol. The lowest BCUT2D eigenvalue weighted by atomic mass is 9.94. The zero-order chi connectivity index (χ0) is 71.0. The molecule has 8 aromatic carbocycles. The highest BCUT2D eigenvalue weighted by Crippen LogP contribution is 2.22. The van der Waals surface area contributed by atoms with Crippen LogP contribution in [0.4, 0.5) is 0 Å². The van der Waals surface area contributed by atoms with Crippen molar-refractivity contribution in [3.8, 4) is 85.5 Å². The first-order valence-corrected chi connectivity index (χ1v) is 35.4. The number of carbonyl (C=O) groups is 3. The van der Waals surface area contributed by atoms with Crippen LogP contribution in [0.2, 0.25) is 19.6 Å². The Morgan fingerprint density at radius 2 is 0.639 bits per heavy atom. The number of carbonyl (C=O) groups excluding carboxylic acids is 3. The van der Waals surface area contributed by atoms with Crippen molar-refractivity contribution >= 4 is 67.2 Å². The van der Waals surface area contributed by atoms with Gasteiger partial charge in [-0.1, -0.05) is 204 Å². The Morgan fingerprint density at radius 3 is 0.866 bits per heavy atom. The number of ether oxygens (including phenoxy) is 3. The monoisotopic (exact) mass is 1440 g/mol. The number of benzene rings is 8. The van der Waals surface area contributed by atoms with Crippen LogP contribution in [-0.4, -0.2) is 95.4 Å². The van der Waals surface area contributed by atoms with Gasteiger partial charge in [-0.3, -0.25) is 14.4 Å². The quantitative estimate of drug-likeness (QED) is 0.0250. The zero-order valence-electron chi connectivity index (χ0n) is 55.5. The van der Waals surface area contributed by atoms with Crippen molar-refractivity contribution in [2.45, 2.75) is 65.2 Å². The van der Waals surface area contributed by atoms with Gasteiger partial charge in [-0.25, -0.2) is 0 Å². The second-order valence-corrected chi connectivity index (χ2v) is 29.1. The number of terminal acetylenes is 6. The largest absolute Gasteiger partial charge is 0.396 e. The summed E-state index contributed by atoms with van der Waals surface area (Å²) in [5, 5.41) is 34.9. The molecule has 0 bridgehead atoms. The summed E-state index contributed by atoms with van der Waals surface area (Å²) >= 11 is 6.61. The van der Waals surface area contributed by atoms with Crippen LogP contribution in [0.15, 0.2) is 199 Å². The third-order valence-corrected chi connectivity index (χ3v) is 15.1. The van der Waals surface area contributed by atoms with E-state index in [1.165, 1.54) is 5.56 Å². The van der Waals surface area contributed by atoms with Crippen LogP contribution in [0.3, 0.4) is 0 Å². The molecule has 97 heavy (non-hydrogen) atoms. The average Bonchev–Trinajstić information content (AvgIpc) is 1.22. The van der Waals surface area contributed by atoms with E-state index in [1.807, 2.05) is 146 Å². The molecule has 8 rings (SSSR count). The van der Waals surface area contributed by atoms with Crippen LogP contribution in [0.1, 0.15) is 112 Å². The van der Waals surface area contributed by atoms with Crippen molar-refractivity contribution < 1.29 is 49.0 Å². The minimum atomic E-state index is -1.29. The highest BCUT2D eigenvalue weighted by atomic mass is 79.9. The summed E-state index contributed by atoms with van der Waals surface area (Å²) in [5.41, 5.74) is 15.7. The third-order valence-electron chi connectivity index (χ3n) is 13.1. The maximum Gasteiger partial charge on any atom is 0.150 e. The van der Waals surface area contributed by atoms with Crippen molar-refractivity contribution in [3.05, 3.63) is 282 Å². The first-order valence-electron chi connectivity index (χ1n) is 30.0. The molecule has 0 spiro atoms. The summed E-state index contributed by atoms with van der Waals surface area (Å²) < 4.78 is 19.2. The minimum absolute atomic E-state index is 0. The van der Waals surface area contributed by atoms with Crippen LogP contribution in [0.25, 0.3) is 0 Å². The van der Waals surface area contributed by atoms with Gasteiger partial charge in [0.1, 0.15) is 26.9 Å². The Kier molecular flexibility index (Phi) is 43.5. The fourth-order valence-corrected chi connectivity index (χ4v) is 8.27. The van der Waals surface area contributed by atoms with Crippen molar-refractivity contribution in [3.63, 3.8) is 0 Å². The predicted octanol–water partition coefficient (Wildman–Crippen LogP) is 14.4. The fourth-order valence-electron chi connectivity index (χ4n) is 7.11. The molecule has 3 radical (unpaired) electrons. The molecule has 0 heterocycles. The van der Waals surface area contributed by atoms with Crippen molar-refractivity contribution in [1.82, 2.24) is 0 Å². The molecule has 0 unspecified atom stereocenters. The summed E-state index contributed by atoms with van der Waals surface area (Å²) in [6, 6.07) is 60.0. The summed E-state index contributed by atoms with van der Waals surface area (Å²) in [5.74, 6) is 18.5. The normalized spacial score (nSPS) is 9.87. The number of aliphatic hydroxyl groups excluding tert-OH is 4. The molecular weight excluding hydrogens is 1360 g/mol. The van der Waals surface area contributed by atoms with E-state index in [0.717, 1.165) is 89.9 Å². The summed E-state index contributed by atoms with van der Waals surface area (Å²) in [4.78, 5) is 30.7. The first-order chi connectivity index (χ1) is 46.1. The van der Waals surface area contributed by atoms with Gasteiger partial charge >= 0.3 is 0 Å². The third kappa shape index (κ3) is 37.5. The average molecular weight is 1440 g/mol.